The van der Waals surface area contributed by atoms with Crippen molar-refractivity contribution in [3.63, 3.8) is 0 Å². The highest BCUT2D eigenvalue weighted by Crippen LogP contribution is 2.40. The number of thiazole rings is 1. The fourth-order valence-corrected chi connectivity index (χ4v) is 4.04. The zero-order valence-electron chi connectivity index (χ0n) is 11.8. The summed E-state index contributed by atoms with van der Waals surface area (Å²) >= 11 is 1.76. The Morgan fingerprint density at radius 2 is 2.28 bits per heavy atom. The first-order chi connectivity index (χ1) is 8.58. The molecular formula is C14H24N2OS. The van der Waals surface area contributed by atoms with Crippen molar-refractivity contribution >= 4 is 11.3 Å². The van der Waals surface area contributed by atoms with E-state index in [0.717, 1.165) is 18.5 Å². The van der Waals surface area contributed by atoms with Crippen molar-refractivity contribution < 1.29 is 4.74 Å². The molecule has 1 aliphatic rings. The third-order valence-electron chi connectivity index (χ3n) is 3.67. The van der Waals surface area contributed by atoms with Crippen LogP contribution in [-0.4, -0.2) is 24.2 Å². The molecule has 4 heteroatoms. The molecule has 2 unspecified atom stereocenters. The average Bonchev–Trinajstić information content (AvgIpc) is 2.76. The number of nitrogens with zero attached hydrogens (tertiary/aromatic N) is 1. The van der Waals surface area contributed by atoms with Crippen LogP contribution in [0.5, 0.6) is 0 Å². The predicted octanol–water partition coefficient (Wildman–Crippen LogP) is 3.23. The van der Waals surface area contributed by atoms with Gasteiger partial charge in [0.25, 0.3) is 0 Å². The number of aryl methyl sites for hydroxylation is 1. The summed E-state index contributed by atoms with van der Waals surface area (Å²) in [7, 11) is 1.83. The first-order valence-corrected chi connectivity index (χ1v) is 7.69. The van der Waals surface area contributed by atoms with Gasteiger partial charge in [-0.25, -0.2) is 4.98 Å². The summed E-state index contributed by atoms with van der Waals surface area (Å²) in [4.78, 5) is 4.73. The Kier molecular flexibility index (Phi) is 4.41. The van der Waals surface area contributed by atoms with E-state index in [1.807, 2.05) is 7.11 Å². The molecule has 0 bridgehead atoms. The maximum absolute atomic E-state index is 5.78. The Morgan fingerprint density at radius 3 is 2.83 bits per heavy atom. The SMILES string of the molecule is COC1CCCCC1(NC(C)C)c1nc(C)cs1. The lowest BCUT2D eigenvalue weighted by atomic mass is 9.78. The molecule has 102 valence electrons. The van der Waals surface area contributed by atoms with Crippen LogP contribution >= 0.6 is 11.3 Å². The maximum Gasteiger partial charge on any atom is 0.116 e. The van der Waals surface area contributed by atoms with Gasteiger partial charge in [0.15, 0.2) is 0 Å². The van der Waals surface area contributed by atoms with E-state index in [0.29, 0.717) is 6.04 Å². The van der Waals surface area contributed by atoms with Gasteiger partial charge in [-0.1, -0.05) is 12.8 Å². The number of hydrogen-bond acceptors (Lipinski definition) is 4. The van der Waals surface area contributed by atoms with Crippen molar-refractivity contribution in [1.82, 2.24) is 10.3 Å². The molecule has 3 nitrogen and oxygen atoms in total. The van der Waals surface area contributed by atoms with Gasteiger partial charge in [0.1, 0.15) is 5.01 Å². The molecule has 1 saturated carbocycles. The predicted molar refractivity (Wildman–Crippen MR) is 76.1 cm³/mol. The van der Waals surface area contributed by atoms with Crippen molar-refractivity contribution in [1.29, 1.82) is 0 Å². The fourth-order valence-electron chi connectivity index (χ4n) is 3.01. The van der Waals surface area contributed by atoms with Gasteiger partial charge in [-0.05, 0) is 33.6 Å². The number of rotatable bonds is 4. The zero-order valence-corrected chi connectivity index (χ0v) is 12.6. The van der Waals surface area contributed by atoms with Gasteiger partial charge in [-0.15, -0.1) is 11.3 Å². The molecule has 0 saturated heterocycles. The van der Waals surface area contributed by atoms with E-state index in [2.05, 4.69) is 31.5 Å². The average molecular weight is 268 g/mol. The third-order valence-corrected chi connectivity index (χ3v) is 4.81. The minimum absolute atomic E-state index is 0.0832. The zero-order chi connectivity index (χ0) is 13.2. The van der Waals surface area contributed by atoms with Crippen molar-refractivity contribution in [3.8, 4) is 0 Å². The minimum Gasteiger partial charge on any atom is -0.379 e. The van der Waals surface area contributed by atoms with Gasteiger partial charge in [-0.2, -0.15) is 0 Å². The highest BCUT2D eigenvalue weighted by atomic mass is 32.1. The van der Waals surface area contributed by atoms with Crippen molar-refractivity contribution in [2.45, 2.75) is 64.1 Å². The van der Waals surface area contributed by atoms with Crippen molar-refractivity contribution in [2.75, 3.05) is 7.11 Å². The van der Waals surface area contributed by atoms with E-state index >= 15 is 0 Å². The monoisotopic (exact) mass is 268 g/mol. The molecule has 1 aromatic rings. The van der Waals surface area contributed by atoms with E-state index in [9.17, 15) is 0 Å². The Morgan fingerprint density at radius 1 is 1.50 bits per heavy atom. The van der Waals surface area contributed by atoms with Crippen LogP contribution in [-0.2, 0) is 10.3 Å². The van der Waals surface area contributed by atoms with Gasteiger partial charge in [0.05, 0.1) is 11.6 Å². The van der Waals surface area contributed by atoms with Gasteiger partial charge in [0, 0.05) is 24.2 Å². The normalized spacial score (nSPS) is 28.8. The number of nitrogens with one attached hydrogen (secondary N) is 1. The number of hydrogen-bond donors (Lipinski definition) is 1. The fraction of sp³-hybridized carbons (Fsp3) is 0.786. The van der Waals surface area contributed by atoms with E-state index in [4.69, 9.17) is 9.72 Å². The third kappa shape index (κ3) is 2.60. The second-order valence-electron chi connectivity index (χ2n) is 5.53. The highest BCUT2D eigenvalue weighted by Gasteiger charge is 2.45. The molecule has 1 N–H and O–H groups in total. The topological polar surface area (TPSA) is 34.1 Å². The molecule has 1 heterocycles. The van der Waals surface area contributed by atoms with E-state index in [-0.39, 0.29) is 11.6 Å². The van der Waals surface area contributed by atoms with E-state index in [1.54, 1.807) is 11.3 Å². The summed E-state index contributed by atoms with van der Waals surface area (Å²) in [5.74, 6) is 0. The molecule has 1 aromatic heterocycles. The number of methoxy groups -OCH3 is 1. The molecule has 1 fully saturated rings. The van der Waals surface area contributed by atoms with Crippen LogP contribution in [0.3, 0.4) is 0 Å². The molecule has 0 aliphatic heterocycles. The molecule has 0 aromatic carbocycles. The second-order valence-corrected chi connectivity index (χ2v) is 6.39. The summed E-state index contributed by atoms with van der Waals surface area (Å²) in [5, 5.41) is 7.08. The van der Waals surface area contributed by atoms with Crippen molar-refractivity contribution in [3.05, 3.63) is 16.1 Å². The molecule has 1 aliphatic carbocycles. The summed E-state index contributed by atoms with van der Waals surface area (Å²) in [6.45, 7) is 6.46. The molecule has 18 heavy (non-hydrogen) atoms. The van der Waals surface area contributed by atoms with Gasteiger partial charge in [-0.3, -0.25) is 0 Å². The maximum atomic E-state index is 5.78. The van der Waals surface area contributed by atoms with Crippen LogP contribution in [0, 0.1) is 6.92 Å². The molecule has 2 atom stereocenters. The van der Waals surface area contributed by atoms with Crippen LogP contribution in [0.2, 0.25) is 0 Å². The minimum atomic E-state index is -0.0832. The molecule has 0 spiro atoms. The van der Waals surface area contributed by atoms with Crippen LogP contribution in [0.1, 0.15) is 50.2 Å². The molecule has 0 amide bonds. The molecule has 0 radical (unpaired) electrons. The Labute approximate surface area is 114 Å². The number of ether oxygens (including phenoxy) is 1. The van der Waals surface area contributed by atoms with Crippen LogP contribution in [0.25, 0.3) is 0 Å². The highest BCUT2D eigenvalue weighted by molar-refractivity contribution is 7.09. The standard InChI is InChI=1S/C14H24N2OS/c1-10(2)16-14(13-15-11(3)9-18-13)8-6-5-7-12(14)17-4/h9-10,12,16H,5-8H2,1-4H3. The first-order valence-electron chi connectivity index (χ1n) is 6.81. The quantitative estimate of drug-likeness (QED) is 0.910. The lowest BCUT2D eigenvalue weighted by Crippen LogP contribution is -2.56. The summed E-state index contributed by atoms with van der Waals surface area (Å²) in [5.41, 5.74) is 1.03. The molecular weight excluding hydrogens is 244 g/mol. The Balaban J connectivity index is 2.37. The lowest BCUT2D eigenvalue weighted by Gasteiger charge is -2.44. The van der Waals surface area contributed by atoms with Gasteiger partial charge in [0.2, 0.25) is 0 Å². The van der Waals surface area contributed by atoms with E-state index in [1.165, 1.54) is 17.8 Å². The van der Waals surface area contributed by atoms with Crippen LogP contribution in [0.4, 0.5) is 0 Å². The lowest BCUT2D eigenvalue weighted by molar-refractivity contribution is -0.0194. The Bertz CT molecular complexity index is 391. The van der Waals surface area contributed by atoms with Crippen molar-refractivity contribution in [2.24, 2.45) is 0 Å². The Hall–Kier alpha value is -0.450. The van der Waals surface area contributed by atoms with Crippen LogP contribution < -0.4 is 5.32 Å². The first kappa shape index (κ1) is 14.0. The van der Waals surface area contributed by atoms with Gasteiger partial charge >= 0.3 is 0 Å². The number of aromatic nitrogens is 1. The molecule has 2 rings (SSSR count). The smallest absolute Gasteiger partial charge is 0.116 e. The van der Waals surface area contributed by atoms with E-state index < -0.39 is 0 Å². The summed E-state index contributed by atoms with van der Waals surface area (Å²) < 4.78 is 5.78. The summed E-state index contributed by atoms with van der Waals surface area (Å²) in [6.07, 6.45) is 4.98. The largest absolute Gasteiger partial charge is 0.379 e. The van der Waals surface area contributed by atoms with Gasteiger partial charge < -0.3 is 10.1 Å². The summed E-state index contributed by atoms with van der Waals surface area (Å²) in [6, 6.07) is 0.435. The van der Waals surface area contributed by atoms with Crippen LogP contribution in [0.15, 0.2) is 5.38 Å². The second kappa shape index (κ2) is 5.68.